The van der Waals surface area contributed by atoms with E-state index in [1.807, 2.05) is 54.1 Å². The van der Waals surface area contributed by atoms with Crippen LogP contribution in [-0.4, -0.2) is 70.1 Å². The molecule has 2 aromatic carbocycles. The molecule has 2 fully saturated rings. The van der Waals surface area contributed by atoms with E-state index in [1.54, 1.807) is 23.1 Å². The minimum atomic E-state index is -0.494. The molecule has 0 spiro atoms. The summed E-state index contributed by atoms with van der Waals surface area (Å²) in [5.74, 6) is -0.788. The molecular formula is C27H25N3O5S. The maximum Gasteiger partial charge on any atom is 0.293 e. The molecule has 0 unspecified atom stereocenters. The number of imide groups is 1. The van der Waals surface area contributed by atoms with E-state index in [1.165, 1.54) is 0 Å². The van der Waals surface area contributed by atoms with Crippen LogP contribution in [0, 0.1) is 6.92 Å². The standard InChI is InChI=1S/C27H25N3O5S/c1-18-6-8-19(9-7-18)23(31)16-30-26(33)24(36-27(30)34)14-20-15-29(22-5-3-2-4-21(20)22)17-25(32)28-10-12-35-13-11-28/h2-9,14-15H,10-13,16-17H2,1H3/b24-14-. The molecule has 8 nitrogen and oxygen atoms in total. The van der Waals surface area contributed by atoms with E-state index >= 15 is 0 Å². The van der Waals surface area contributed by atoms with Crippen molar-refractivity contribution in [3.05, 3.63) is 76.3 Å². The summed E-state index contributed by atoms with van der Waals surface area (Å²) in [5, 5.41) is 0.396. The molecule has 2 aliphatic rings. The zero-order valence-corrected chi connectivity index (χ0v) is 20.6. The maximum absolute atomic E-state index is 13.1. The van der Waals surface area contributed by atoms with Crippen LogP contribution in [0.25, 0.3) is 17.0 Å². The number of aryl methyl sites for hydroxylation is 1. The number of rotatable bonds is 6. The number of aromatic nitrogens is 1. The summed E-state index contributed by atoms with van der Waals surface area (Å²) in [6.45, 7) is 3.99. The molecule has 5 rings (SSSR count). The highest BCUT2D eigenvalue weighted by Gasteiger charge is 2.36. The molecule has 0 saturated carbocycles. The van der Waals surface area contributed by atoms with Gasteiger partial charge < -0.3 is 14.2 Å². The van der Waals surface area contributed by atoms with Gasteiger partial charge in [0.05, 0.1) is 24.7 Å². The van der Waals surface area contributed by atoms with E-state index < -0.39 is 11.1 Å². The number of carbonyl (C=O) groups excluding carboxylic acids is 4. The number of fused-ring (bicyclic) bond motifs is 1. The number of morpholine rings is 1. The Kier molecular flexibility index (Phi) is 6.75. The van der Waals surface area contributed by atoms with Crippen LogP contribution in [0.1, 0.15) is 21.5 Å². The van der Waals surface area contributed by atoms with Gasteiger partial charge >= 0.3 is 0 Å². The Morgan fingerprint density at radius 1 is 1.00 bits per heavy atom. The first-order valence-electron chi connectivity index (χ1n) is 11.7. The molecule has 2 aliphatic heterocycles. The Hall–Kier alpha value is -3.69. The molecule has 0 radical (unpaired) electrons. The van der Waals surface area contributed by atoms with E-state index in [9.17, 15) is 19.2 Å². The monoisotopic (exact) mass is 503 g/mol. The predicted molar refractivity (Wildman–Crippen MR) is 138 cm³/mol. The van der Waals surface area contributed by atoms with Gasteiger partial charge in [0.25, 0.3) is 11.1 Å². The van der Waals surface area contributed by atoms with E-state index in [0.29, 0.717) is 31.9 Å². The number of hydrogen-bond donors (Lipinski definition) is 0. The summed E-state index contributed by atoms with van der Waals surface area (Å²) in [5.41, 5.74) is 3.07. The Morgan fingerprint density at radius 3 is 2.47 bits per heavy atom. The minimum Gasteiger partial charge on any atom is -0.378 e. The zero-order valence-electron chi connectivity index (χ0n) is 19.8. The first kappa shape index (κ1) is 24.0. The molecule has 0 bridgehead atoms. The lowest BCUT2D eigenvalue weighted by molar-refractivity contribution is -0.135. The topological polar surface area (TPSA) is 88.9 Å². The Bertz CT molecular complexity index is 1390. The Balaban J connectivity index is 1.37. The minimum absolute atomic E-state index is 0.000505. The van der Waals surface area contributed by atoms with Crippen LogP contribution in [0.2, 0.25) is 0 Å². The third kappa shape index (κ3) is 4.84. The number of amides is 3. The lowest BCUT2D eigenvalue weighted by Gasteiger charge is -2.27. The number of hydrogen-bond acceptors (Lipinski definition) is 6. The van der Waals surface area contributed by atoms with Crippen LogP contribution in [0.4, 0.5) is 4.79 Å². The van der Waals surface area contributed by atoms with E-state index in [4.69, 9.17) is 4.74 Å². The number of nitrogens with zero attached hydrogens (tertiary/aromatic N) is 3. The van der Waals surface area contributed by atoms with Gasteiger partial charge in [-0.3, -0.25) is 24.1 Å². The fraction of sp³-hybridized carbons (Fsp3) is 0.259. The van der Waals surface area contributed by atoms with Crippen LogP contribution in [0.5, 0.6) is 0 Å². The number of ketones is 1. The van der Waals surface area contributed by atoms with Gasteiger partial charge in [-0.25, -0.2) is 0 Å². The van der Waals surface area contributed by atoms with Crippen LogP contribution in [0.15, 0.2) is 59.6 Å². The summed E-state index contributed by atoms with van der Waals surface area (Å²) < 4.78 is 7.20. The van der Waals surface area contributed by atoms with Gasteiger partial charge in [0, 0.05) is 41.3 Å². The number of thioether (sulfide) groups is 1. The summed E-state index contributed by atoms with van der Waals surface area (Å²) in [7, 11) is 0. The molecule has 9 heteroatoms. The number of carbonyl (C=O) groups is 4. The van der Waals surface area contributed by atoms with Crippen LogP contribution >= 0.6 is 11.8 Å². The van der Waals surface area contributed by atoms with Crippen molar-refractivity contribution in [3.63, 3.8) is 0 Å². The third-order valence-corrected chi connectivity index (χ3v) is 7.23. The Labute approximate surface area is 212 Å². The first-order chi connectivity index (χ1) is 17.4. The van der Waals surface area contributed by atoms with Crippen molar-refractivity contribution in [2.45, 2.75) is 13.5 Å². The van der Waals surface area contributed by atoms with E-state index in [2.05, 4.69) is 0 Å². The van der Waals surface area contributed by atoms with Crippen LogP contribution in [0.3, 0.4) is 0 Å². The van der Waals surface area contributed by atoms with Crippen molar-refractivity contribution in [1.29, 1.82) is 0 Å². The molecule has 3 heterocycles. The highest BCUT2D eigenvalue weighted by Crippen LogP contribution is 2.34. The third-order valence-electron chi connectivity index (χ3n) is 6.32. The first-order valence-corrected chi connectivity index (χ1v) is 12.5. The van der Waals surface area contributed by atoms with Crippen molar-refractivity contribution in [1.82, 2.24) is 14.4 Å². The summed E-state index contributed by atoms with van der Waals surface area (Å²) in [6, 6.07) is 14.7. The van der Waals surface area contributed by atoms with Gasteiger partial charge in [0.2, 0.25) is 5.91 Å². The Morgan fingerprint density at radius 2 is 1.72 bits per heavy atom. The number of benzene rings is 2. The van der Waals surface area contributed by atoms with Crippen molar-refractivity contribution >= 4 is 51.6 Å². The van der Waals surface area contributed by atoms with Gasteiger partial charge in [-0.2, -0.15) is 0 Å². The number of ether oxygens (including phenoxy) is 1. The quantitative estimate of drug-likeness (QED) is 0.376. The largest absolute Gasteiger partial charge is 0.378 e. The lowest BCUT2D eigenvalue weighted by atomic mass is 10.1. The molecule has 1 aromatic heterocycles. The second kappa shape index (κ2) is 10.1. The van der Waals surface area contributed by atoms with E-state index in [-0.39, 0.29) is 29.7 Å². The van der Waals surface area contributed by atoms with Gasteiger partial charge in [0.15, 0.2) is 5.78 Å². The molecule has 184 valence electrons. The number of Topliss-reactive ketones (excluding diaryl/α,β-unsaturated/α-hetero) is 1. The average molecular weight is 504 g/mol. The second-order valence-electron chi connectivity index (χ2n) is 8.78. The maximum atomic E-state index is 13.1. The molecule has 0 aliphatic carbocycles. The van der Waals surface area contributed by atoms with Gasteiger partial charge in [0.1, 0.15) is 6.54 Å². The van der Waals surface area contributed by atoms with Crippen LogP contribution < -0.4 is 0 Å². The zero-order chi connectivity index (χ0) is 25.2. The highest BCUT2D eigenvalue weighted by atomic mass is 32.2. The molecule has 0 N–H and O–H groups in total. The summed E-state index contributed by atoms with van der Waals surface area (Å²) in [4.78, 5) is 54.2. The average Bonchev–Trinajstić information content (AvgIpc) is 3.36. The van der Waals surface area contributed by atoms with Crippen molar-refractivity contribution in [2.75, 3.05) is 32.8 Å². The van der Waals surface area contributed by atoms with Crippen molar-refractivity contribution < 1.29 is 23.9 Å². The SMILES string of the molecule is Cc1ccc(C(=O)CN2C(=O)S/C(=C\c3cn(CC(=O)N4CCOCC4)c4ccccc34)C2=O)cc1. The summed E-state index contributed by atoms with van der Waals surface area (Å²) >= 11 is 0.819. The van der Waals surface area contributed by atoms with Crippen molar-refractivity contribution in [3.8, 4) is 0 Å². The molecule has 3 aromatic rings. The number of para-hydroxylation sites is 1. The van der Waals surface area contributed by atoms with Gasteiger partial charge in [-0.05, 0) is 30.8 Å². The molecule has 36 heavy (non-hydrogen) atoms. The fourth-order valence-corrected chi connectivity index (χ4v) is 5.16. The highest BCUT2D eigenvalue weighted by molar-refractivity contribution is 8.18. The fourth-order valence-electron chi connectivity index (χ4n) is 4.33. The van der Waals surface area contributed by atoms with Gasteiger partial charge in [-0.15, -0.1) is 0 Å². The molecular weight excluding hydrogens is 478 g/mol. The normalized spacial score (nSPS) is 17.4. The summed E-state index contributed by atoms with van der Waals surface area (Å²) in [6.07, 6.45) is 3.49. The van der Waals surface area contributed by atoms with E-state index in [0.717, 1.165) is 38.7 Å². The molecule has 2 saturated heterocycles. The molecule has 0 atom stereocenters. The van der Waals surface area contributed by atoms with Gasteiger partial charge in [-0.1, -0.05) is 48.0 Å². The molecule has 3 amide bonds. The second-order valence-corrected chi connectivity index (χ2v) is 9.77. The predicted octanol–water partition coefficient (Wildman–Crippen LogP) is 3.73. The lowest BCUT2D eigenvalue weighted by Crippen LogP contribution is -2.42. The van der Waals surface area contributed by atoms with Crippen LogP contribution in [-0.2, 0) is 20.9 Å². The smallest absolute Gasteiger partial charge is 0.293 e. The van der Waals surface area contributed by atoms with Crippen molar-refractivity contribution in [2.24, 2.45) is 0 Å².